The van der Waals surface area contributed by atoms with Crippen molar-refractivity contribution in [3.8, 4) is 17.5 Å². The van der Waals surface area contributed by atoms with E-state index >= 15 is 0 Å². The molecule has 1 atom stereocenters. The number of carbonyl (C=O) groups excluding carboxylic acids is 2. The largest absolute Gasteiger partial charge is 0.350 e. The summed E-state index contributed by atoms with van der Waals surface area (Å²) in [6.07, 6.45) is 1.36. The number of nitriles is 1. The number of nitrogens with zero attached hydrogens (tertiary/aromatic N) is 3. The van der Waals surface area contributed by atoms with Gasteiger partial charge in [-0.1, -0.05) is 48.5 Å². The lowest BCUT2D eigenvalue weighted by Crippen LogP contribution is -2.34. The number of hydrogen-bond acceptors (Lipinski definition) is 5. The minimum Gasteiger partial charge on any atom is -0.350 e. The Kier molecular flexibility index (Phi) is 5.15. The summed E-state index contributed by atoms with van der Waals surface area (Å²) in [6, 6.07) is 17.6. The average molecular weight is 345 g/mol. The number of amides is 1. The number of benzene rings is 2. The number of aromatic amines is 1. The number of aromatic nitrogens is 3. The van der Waals surface area contributed by atoms with Gasteiger partial charge in [-0.05, 0) is 11.6 Å². The molecule has 0 saturated carbocycles. The number of rotatable bonds is 6. The Morgan fingerprint density at radius 1 is 1.15 bits per heavy atom. The van der Waals surface area contributed by atoms with Crippen LogP contribution in [0.25, 0.3) is 11.4 Å². The fraction of sp³-hybridized carbons (Fsp3) is 0.105. The topological polar surface area (TPSA) is 112 Å². The standard InChI is InChI=1S/C19H15N5O2/c20-10-16(19(26)21-11-13-5-2-1-3-6-13)17(25)14-7-4-8-15(9-14)18-22-12-23-24-18/h1-9,12,16H,11H2,(H,21,26)(H,22,23,24)/t16-/m0/s1. The first-order valence-electron chi connectivity index (χ1n) is 7.90. The molecule has 7 heteroatoms. The summed E-state index contributed by atoms with van der Waals surface area (Å²) >= 11 is 0. The first-order chi connectivity index (χ1) is 12.7. The fourth-order valence-electron chi connectivity index (χ4n) is 2.45. The quantitative estimate of drug-likeness (QED) is 0.525. The van der Waals surface area contributed by atoms with Gasteiger partial charge in [-0.25, -0.2) is 4.98 Å². The van der Waals surface area contributed by atoms with Crippen LogP contribution >= 0.6 is 0 Å². The Balaban J connectivity index is 1.73. The second kappa shape index (κ2) is 7.85. The van der Waals surface area contributed by atoms with Gasteiger partial charge in [0.2, 0.25) is 5.91 Å². The molecule has 1 aromatic heterocycles. The number of carbonyl (C=O) groups is 2. The molecule has 0 fully saturated rings. The van der Waals surface area contributed by atoms with E-state index in [9.17, 15) is 14.9 Å². The van der Waals surface area contributed by atoms with Crippen molar-refractivity contribution in [1.82, 2.24) is 20.5 Å². The molecule has 0 aliphatic carbocycles. The van der Waals surface area contributed by atoms with Crippen molar-refractivity contribution in [2.24, 2.45) is 5.92 Å². The van der Waals surface area contributed by atoms with Crippen LogP contribution < -0.4 is 5.32 Å². The van der Waals surface area contributed by atoms with E-state index in [1.165, 1.54) is 6.33 Å². The van der Waals surface area contributed by atoms with Crippen LogP contribution in [0, 0.1) is 17.2 Å². The zero-order valence-corrected chi connectivity index (χ0v) is 13.7. The molecule has 1 heterocycles. The third kappa shape index (κ3) is 3.82. The molecule has 0 aliphatic heterocycles. The van der Waals surface area contributed by atoms with Gasteiger partial charge in [0.05, 0.1) is 6.07 Å². The predicted molar refractivity (Wildman–Crippen MR) is 93.5 cm³/mol. The molecule has 1 amide bonds. The molecular formula is C19H15N5O2. The van der Waals surface area contributed by atoms with Gasteiger partial charge in [0, 0.05) is 17.7 Å². The predicted octanol–water partition coefficient (Wildman–Crippen LogP) is 2.11. The van der Waals surface area contributed by atoms with Crippen LogP contribution in [-0.2, 0) is 11.3 Å². The molecule has 0 saturated heterocycles. The van der Waals surface area contributed by atoms with Crippen LogP contribution in [0.1, 0.15) is 15.9 Å². The Morgan fingerprint density at radius 2 is 1.96 bits per heavy atom. The van der Waals surface area contributed by atoms with E-state index in [0.29, 0.717) is 11.4 Å². The van der Waals surface area contributed by atoms with Crippen LogP contribution in [-0.4, -0.2) is 26.9 Å². The lowest BCUT2D eigenvalue weighted by atomic mass is 9.96. The summed E-state index contributed by atoms with van der Waals surface area (Å²) in [5, 5.41) is 18.4. The van der Waals surface area contributed by atoms with Crippen LogP contribution in [0.3, 0.4) is 0 Å². The second-order valence-corrected chi connectivity index (χ2v) is 5.54. The van der Waals surface area contributed by atoms with Crippen LogP contribution in [0.5, 0.6) is 0 Å². The smallest absolute Gasteiger partial charge is 0.245 e. The van der Waals surface area contributed by atoms with Crippen molar-refractivity contribution < 1.29 is 9.59 Å². The molecule has 0 spiro atoms. The molecule has 0 unspecified atom stereocenters. The zero-order chi connectivity index (χ0) is 18.4. The van der Waals surface area contributed by atoms with Gasteiger partial charge in [-0.2, -0.15) is 10.4 Å². The zero-order valence-electron chi connectivity index (χ0n) is 13.7. The van der Waals surface area contributed by atoms with Gasteiger partial charge in [-0.3, -0.25) is 14.7 Å². The minimum absolute atomic E-state index is 0.253. The van der Waals surface area contributed by atoms with Crippen molar-refractivity contribution in [1.29, 1.82) is 5.26 Å². The molecular weight excluding hydrogens is 330 g/mol. The van der Waals surface area contributed by atoms with E-state index < -0.39 is 17.6 Å². The van der Waals surface area contributed by atoms with Gasteiger partial charge in [0.1, 0.15) is 6.33 Å². The summed E-state index contributed by atoms with van der Waals surface area (Å²) < 4.78 is 0. The van der Waals surface area contributed by atoms with Gasteiger partial charge in [0.15, 0.2) is 17.5 Å². The van der Waals surface area contributed by atoms with E-state index in [-0.39, 0.29) is 12.1 Å². The Hall–Kier alpha value is -3.79. The van der Waals surface area contributed by atoms with Crippen LogP contribution in [0.2, 0.25) is 0 Å². The highest BCUT2D eigenvalue weighted by molar-refractivity contribution is 6.12. The van der Waals surface area contributed by atoms with E-state index in [0.717, 1.165) is 5.56 Å². The number of H-pyrrole nitrogens is 1. The third-order valence-corrected chi connectivity index (χ3v) is 3.80. The van der Waals surface area contributed by atoms with E-state index in [1.807, 2.05) is 30.3 Å². The summed E-state index contributed by atoms with van der Waals surface area (Å²) in [5.41, 5.74) is 1.80. The lowest BCUT2D eigenvalue weighted by Gasteiger charge is -2.10. The average Bonchev–Trinajstić information content (AvgIpc) is 3.22. The van der Waals surface area contributed by atoms with Crippen molar-refractivity contribution >= 4 is 11.7 Å². The molecule has 0 aliphatic rings. The van der Waals surface area contributed by atoms with E-state index in [2.05, 4.69) is 20.5 Å². The molecule has 0 radical (unpaired) electrons. The van der Waals surface area contributed by atoms with Gasteiger partial charge in [-0.15, -0.1) is 0 Å². The Bertz CT molecular complexity index is 946. The first kappa shape index (κ1) is 17.0. The maximum absolute atomic E-state index is 12.6. The maximum Gasteiger partial charge on any atom is 0.245 e. The molecule has 3 rings (SSSR count). The molecule has 0 bridgehead atoms. The van der Waals surface area contributed by atoms with E-state index in [4.69, 9.17) is 0 Å². The summed E-state index contributed by atoms with van der Waals surface area (Å²) in [7, 11) is 0. The van der Waals surface area contributed by atoms with Crippen molar-refractivity contribution in [3.63, 3.8) is 0 Å². The van der Waals surface area contributed by atoms with Crippen molar-refractivity contribution in [3.05, 3.63) is 72.1 Å². The van der Waals surface area contributed by atoms with Gasteiger partial charge < -0.3 is 5.32 Å². The Labute approximate surface area is 149 Å². The molecule has 3 aromatic rings. The summed E-state index contributed by atoms with van der Waals surface area (Å²) in [4.78, 5) is 28.9. The third-order valence-electron chi connectivity index (χ3n) is 3.80. The monoisotopic (exact) mass is 345 g/mol. The number of hydrogen-bond donors (Lipinski definition) is 2. The van der Waals surface area contributed by atoms with E-state index in [1.54, 1.807) is 30.3 Å². The van der Waals surface area contributed by atoms with Gasteiger partial charge in [0.25, 0.3) is 0 Å². The fourth-order valence-corrected chi connectivity index (χ4v) is 2.45. The van der Waals surface area contributed by atoms with Crippen LogP contribution in [0.15, 0.2) is 60.9 Å². The van der Waals surface area contributed by atoms with Crippen molar-refractivity contribution in [2.45, 2.75) is 6.54 Å². The lowest BCUT2D eigenvalue weighted by molar-refractivity contribution is -0.122. The second-order valence-electron chi connectivity index (χ2n) is 5.54. The number of ketones is 1. The number of Topliss-reactive ketones (excluding diaryl/α,β-unsaturated/α-hetero) is 1. The molecule has 128 valence electrons. The molecule has 2 N–H and O–H groups in total. The normalized spacial score (nSPS) is 11.3. The highest BCUT2D eigenvalue weighted by Gasteiger charge is 2.27. The summed E-state index contributed by atoms with van der Waals surface area (Å²) in [5.74, 6) is -2.09. The highest BCUT2D eigenvalue weighted by atomic mass is 16.2. The van der Waals surface area contributed by atoms with Gasteiger partial charge >= 0.3 is 0 Å². The first-order valence-corrected chi connectivity index (χ1v) is 7.90. The van der Waals surface area contributed by atoms with Crippen molar-refractivity contribution in [2.75, 3.05) is 0 Å². The molecule has 7 nitrogen and oxygen atoms in total. The summed E-state index contributed by atoms with van der Waals surface area (Å²) in [6.45, 7) is 0.253. The molecule has 2 aromatic carbocycles. The molecule has 26 heavy (non-hydrogen) atoms. The minimum atomic E-state index is -1.41. The highest BCUT2D eigenvalue weighted by Crippen LogP contribution is 2.18. The Morgan fingerprint density at radius 3 is 2.65 bits per heavy atom. The number of nitrogens with one attached hydrogen (secondary N) is 2. The maximum atomic E-state index is 12.6. The van der Waals surface area contributed by atoms with Crippen LogP contribution in [0.4, 0.5) is 0 Å². The SMILES string of the molecule is N#C[C@H](C(=O)NCc1ccccc1)C(=O)c1cccc(-c2ncn[nH]2)c1.